The van der Waals surface area contributed by atoms with E-state index in [1.54, 1.807) is 12.4 Å². The van der Waals surface area contributed by atoms with Crippen LogP contribution in [0, 0.1) is 0 Å². The molecule has 0 amide bonds. The summed E-state index contributed by atoms with van der Waals surface area (Å²) in [5, 5.41) is 0.652. The second-order valence-corrected chi connectivity index (χ2v) is 6.62. The van der Waals surface area contributed by atoms with Crippen LogP contribution in [0.15, 0.2) is 42.9 Å². The van der Waals surface area contributed by atoms with E-state index in [4.69, 9.17) is 11.6 Å². The van der Waals surface area contributed by atoms with Gasteiger partial charge < -0.3 is 4.90 Å². The molecule has 25 heavy (non-hydrogen) atoms. The van der Waals surface area contributed by atoms with Crippen LogP contribution < -0.4 is 0 Å². The molecule has 6 heteroatoms. The number of rotatable bonds is 2. The molecule has 0 bridgehead atoms. The van der Waals surface area contributed by atoms with Gasteiger partial charge in [-0.25, -0.2) is 9.97 Å². The fourth-order valence-electron chi connectivity index (χ4n) is 2.85. The van der Waals surface area contributed by atoms with Gasteiger partial charge in [0.15, 0.2) is 11.9 Å². The molecular formula is C19H21ClN4O. The highest BCUT2D eigenvalue weighted by molar-refractivity contribution is 6.30. The topological polar surface area (TPSA) is 51.0 Å². The molecule has 1 aliphatic heterocycles. The summed E-state index contributed by atoms with van der Waals surface area (Å²) in [6.45, 7) is 2.64. The van der Waals surface area contributed by atoms with Crippen LogP contribution in [0.5, 0.6) is 0 Å². The Morgan fingerprint density at radius 2 is 1.92 bits per heavy atom. The Balaban J connectivity index is 0.000000219. The summed E-state index contributed by atoms with van der Waals surface area (Å²) in [5.74, 6) is 0. The highest BCUT2D eigenvalue weighted by atomic mass is 35.5. The number of pyridine rings is 1. The number of hydrogen-bond donors (Lipinski definition) is 0. The van der Waals surface area contributed by atoms with Crippen LogP contribution in [0.1, 0.15) is 29.6 Å². The number of likely N-dealkylation sites (tertiary alicyclic amines) is 1. The predicted molar refractivity (Wildman–Crippen MR) is 101 cm³/mol. The predicted octanol–water partition coefficient (Wildman–Crippen LogP) is 3.99. The van der Waals surface area contributed by atoms with Crippen molar-refractivity contribution < 1.29 is 4.79 Å². The number of aromatic nitrogens is 3. The molecule has 130 valence electrons. The third kappa shape index (κ3) is 4.44. The minimum absolute atomic E-state index is 0.513. The number of carbonyl (C=O) groups is 1. The van der Waals surface area contributed by atoms with Crippen molar-refractivity contribution in [2.75, 3.05) is 20.1 Å². The molecule has 1 saturated heterocycles. The van der Waals surface area contributed by atoms with Gasteiger partial charge in [0, 0.05) is 16.8 Å². The summed E-state index contributed by atoms with van der Waals surface area (Å²) >= 11 is 5.96. The first kappa shape index (κ1) is 17.6. The molecule has 0 spiro atoms. The number of fused-ring (bicyclic) bond motifs is 1. The molecule has 1 aliphatic rings. The lowest BCUT2D eigenvalue weighted by Gasteiger charge is -2.20. The zero-order valence-electron chi connectivity index (χ0n) is 14.2. The lowest BCUT2D eigenvalue weighted by atomic mass is 10.1. The molecule has 5 nitrogen and oxygen atoms in total. The number of piperidine rings is 1. The van der Waals surface area contributed by atoms with Gasteiger partial charge in [0.25, 0.3) is 0 Å². The fourth-order valence-corrected chi connectivity index (χ4v) is 3.03. The van der Waals surface area contributed by atoms with Crippen molar-refractivity contribution in [1.29, 1.82) is 0 Å². The Bertz CT molecular complexity index is 856. The fraction of sp³-hybridized carbons (Fsp3) is 0.316. The Morgan fingerprint density at radius 1 is 1.12 bits per heavy atom. The van der Waals surface area contributed by atoms with Crippen molar-refractivity contribution in [2.45, 2.75) is 19.3 Å². The van der Waals surface area contributed by atoms with Gasteiger partial charge in [0.1, 0.15) is 11.8 Å². The number of hydrogen-bond acceptors (Lipinski definition) is 4. The van der Waals surface area contributed by atoms with Gasteiger partial charge in [-0.2, -0.15) is 0 Å². The van der Waals surface area contributed by atoms with E-state index in [0.717, 1.165) is 12.0 Å². The van der Waals surface area contributed by atoms with Crippen molar-refractivity contribution in [3.63, 3.8) is 0 Å². The van der Waals surface area contributed by atoms with E-state index < -0.39 is 0 Å². The molecule has 3 aromatic rings. The molecule has 0 radical (unpaired) electrons. The average Bonchev–Trinajstić information content (AvgIpc) is 3.06. The first-order chi connectivity index (χ1) is 12.2. The van der Waals surface area contributed by atoms with E-state index in [2.05, 4.69) is 21.9 Å². The average molecular weight is 357 g/mol. The van der Waals surface area contributed by atoms with Crippen molar-refractivity contribution >= 4 is 29.1 Å². The van der Waals surface area contributed by atoms with E-state index >= 15 is 0 Å². The number of nitrogens with zero attached hydrogens (tertiary/aromatic N) is 4. The summed E-state index contributed by atoms with van der Waals surface area (Å²) in [6, 6.07) is 9.13. The second-order valence-electron chi connectivity index (χ2n) is 6.19. The number of carbonyl (C=O) groups excluding carboxylic acids is 1. The quantitative estimate of drug-likeness (QED) is 0.651. The van der Waals surface area contributed by atoms with Crippen LogP contribution in [0.3, 0.4) is 0 Å². The summed E-state index contributed by atoms with van der Waals surface area (Å²) in [6.07, 6.45) is 8.22. The normalized spacial score (nSPS) is 14.8. The lowest BCUT2D eigenvalue weighted by Crippen LogP contribution is -2.24. The van der Waals surface area contributed by atoms with E-state index in [-0.39, 0.29) is 0 Å². The molecule has 1 fully saturated rings. The van der Waals surface area contributed by atoms with Crippen LogP contribution >= 0.6 is 11.6 Å². The zero-order valence-corrected chi connectivity index (χ0v) is 15.0. The van der Waals surface area contributed by atoms with Crippen LogP contribution in [0.25, 0.3) is 16.9 Å². The van der Waals surface area contributed by atoms with Crippen molar-refractivity contribution in [3.05, 3.63) is 53.4 Å². The van der Waals surface area contributed by atoms with E-state index in [0.29, 0.717) is 21.7 Å². The summed E-state index contributed by atoms with van der Waals surface area (Å²) in [5.41, 5.74) is 2.78. The van der Waals surface area contributed by atoms with Crippen molar-refractivity contribution in [2.24, 2.45) is 0 Å². The van der Waals surface area contributed by atoms with Crippen LogP contribution in [0.2, 0.25) is 5.02 Å². The lowest BCUT2D eigenvalue weighted by molar-refractivity contribution is 0.112. The van der Waals surface area contributed by atoms with Gasteiger partial charge >= 0.3 is 0 Å². The third-order valence-corrected chi connectivity index (χ3v) is 4.45. The van der Waals surface area contributed by atoms with Gasteiger partial charge in [-0.15, -0.1) is 0 Å². The van der Waals surface area contributed by atoms with Gasteiger partial charge in [0.2, 0.25) is 0 Å². The monoisotopic (exact) mass is 356 g/mol. The standard InChI is InChI=1S/C13H8ClN3O.C6H13N/c14-10-2-1-3-11(5-10)17-8-16-12-4-9(7-18)6-15-13(12)17;1-7-5-3-2-4-6-7/h1-8H;2-6H2,1H3. The molecule has 0 saturated carbocycles. The second kappa shape index (κ2) is 8.23. The Hall–Kier alpha value is -2.24. The number of imidazole rings is 1. The van der Waals surface area contributed by atoms with Crippen LogP contribution in [-0.4, -0.2) is 45.9 Å². The van der Waals surface area contributed by atoms with Crippen LogP contribution in [-0.2, 0) is 0 Å². The maximum Gasteiger partial charge on any atom is 0.164 e. The largest absolute Gasteiger partial charge is 0.306 e. The number of halogens is 1. The van der Waals surface area contributed by atoms with Gasteiger partial charge in [-0.1, -0.05) is 24.1 Å². The Kier molecular flexibility index (Phi) is 5.79. The molecule has 0 N–H and O–H groups in total. The van der Waals surface area contributed by atoms with Gasteiger partial charge in [-0.05, 0) is 57.2 Å². The van der Waals surface area contributed by atoms with Crippen molar-refractivity contribution in [1.82, 2.24) is 19.4 Å². The molecule has 4 rings (SSSR count). The molecule has 3 heterocycles. The summed E-state index contributed by atoms with van der Waals surface area (Å²) in [4.78, 5) is 21.5. The number of benzene rings is 1. The highest BCUT2D eigenvalue weighted by Gasteiger charge is 2.07. The van der Waals surface area contributed by atoms with E-state index in [9.17, 15) is 4.79 Å². The maximum atomic E-state index is 10.7. The maximum absolute atomic E-state index is 10.7. The first-order valence-electron chi connectivity index (χ1n) is 8.40. The molecule has 1 aromatic carbocycles. The van der Waals surface area contributed by atoms with E-state index in [1.165, 1.54) is 38.5 Å². The number of aldehydes is 1. The molecule has 0 unspecified atom stereocenters. The Labute approximate surface area is 152 Å². The van der Waals surface area contributed by atoms with Gasteiger partial charge in [-0.3, -0.25) is 9.36 Å². The minimum atomic E-state index is 0.513. The van der Waals surface area contributed by atoms with Crippen molar-refractivity contribution in [3.8, 4) is 5.69 Å². The zero-order chi connectivity index (χ0) is 17.6. The first-order valence-corrected chi connectivity index (χ1v) is 8.78. The van der Waals surface area contributed by atoms with Gasteiger partial charge in [0.05, 0.1) is 5.69 Å². The molecule has 2 aromatic heterocycles. The van der Waals surface area contributed by atoms with Crippen LogP contribution in [0.4, 0.5) is 0 Å². The highest BCUT2D eigenvalue weighted by Crippen LogP contribution is 2.19. The Morgan fingerprint density at radius 3 is 2.56 bits per heavy atom. The smallest absolute Gasteiger partial charge is 0.164 e. The third-order valence-electron chi connectivity index (χ3n) is 4.21. The summed E-state index contributed by atoms with van der Waals surface area (Å²) < 4.78 is 1.83. The summed E-state index contributed by atoms with van der Waals surface area (Å²) in [7, 11) is 2.19. The SMILES string of the molecule is CN1CCCCC1.O=Cc1cnc2c(c1)ncn2-c1cccc(Cl)c1. The molecular weight excluding hydrogens is 336 g/mol. The molecule has 0 atom stereocenters. The van der Waals surface area contributed by atoms with E-state index in [1.807, 2.05) is 28.8 Å². The molecule has 0 aliphatic carbocycles. The minimum Gasteiger partial charge on any atom is -0.306 e.